The number of rotatable bonds is 6. The molecule has 0 saturated carbocycles. The molecule has 0 spiro atoms. The highest BCUT2D eigenvalue weighted by molar-refractivity contribution is 7.21. The van der Waals surface area contributed by atoms with Crippen molar-refractivity contribution in [2.45, 2.75) is 13.3 Å². The number of carbonyl (C=O) groups is 1. The van der Waals surface area contributed by atoms with Crippen LogP contribution in [-0.2, 0) is 6.42 Å². The number of carbonyl (C=O) groups excluding carboxylic acids is 1. The molecule has 1 amide bonds. The fourth-order valence-electron chi connectivity index (χ4n) is 2.74. The summed E-state index contributed by atoms with van der Waals surface area (Å²) in [6.07, 6.45) is 2.62. The summed E-state index contributed by atoms with van der Waals surface area (Å²) in [6, 6.07) is 7.90. The molecule has 3 rings (SSSR count). The van der Waals surface area contributed by atoms with Crippen LogP contribution in [-0.4, -0.2) is 36.4 Å². The number of fused-ring (bicyclic) bond motifs is 1. The molecule has 2 heterocycles. The molecule has 2 aromatic heterocycles. The van der Waals surface area contributed by atoms with E-state index in [2.05, 4.69) is 36.1 Å². The van der Waals surface area contributed by atoms with E-state index in [1.54, 1.807) is 12.3 Å². The zero-order chi connectivity index (χ0) is 18.8. The summed E-state index contributed by atoms with van der Waals surface area (Å²) in [5, 5.41) is 0.627. The Morgan fingerprint density at radius 1 is 1.27 bits per heavy atom. The first-order valence-corrected chi connectivity index (χ1v) is 9.07. The number of benzene rings is 1. The molecular weight excluding hydrogens is 348 g/mol. The normalized spacial score (nSPS) is 11.2. The van der Waals surface area contributed by atoms with Gasteiger partial charge in [-0.2, -0.15) is 0 Å². The maximum Gasteiger partial charge on any atom is 0.260 e. The standard InChI is InChI=1S/C19H22N4O2S/c1-11-10-12(7-9-23(2)3)4-5-13(11)25-14-6-8-22-19-15(14)16(20)17(26-19)18(21)24/h4-6,8,10H,7,9,20H2,1-3H3,(H2,21,24). The van der Waals surface area contributed by atoms with E-state index in [0.29, 0.717) is 26.5 Å². The van der Waals surface area contributed by atoms with Gasteiger partial charge in [-0.15, -0.1) is 11.3 Å². The number of primary amides is 1. The highest BCUT2D eigenvalue weighted by Gasteiger charge is 2.19. The zero-order valence-corrected chi connectivity index (χ0v) is 15.9. The third kappa shape index (κ3) is 3.63. The molecule has 6 nitrogen and oxygen atoms in total. The molecule has 0 unspecified atom stereocenters. The van der Waals surface area contributed by atoms with Crippen molar-refractivity contribution in [1.29, 1.82) is 0 Å². The highest BCUT2D eigenvalue weighted by Crippen LogP contribution is 2.40. The first kappa shape index (κ1) is 18.2. The lowest BCUT2D eigenvalue weighted by Crippen LogP contribution is -2.15. The van der Waals surface area contributed by atoms with Gasteiger partial charge in [0.1, 0.15) is 21.2 Å². The van der Waals surface area contributed by atoms with Gasteiger partial charge in [0.25, 0.3) is 5.91 Å². The number of pyridine rings is 1. The van der Waals surface area contributed by atoms with Gasteiger partial charge in [-0.25, -0.2) is 4.98 Å². The third-order valence-corrected chi connectivity index (χ3v) is 5.25. The van der Waals surface area contributed by atoms with Gasteiger partial charge < -0.3 is 21.1 Å². The molecule has 1 aromatic carbocycles. The van der Waals surface area contributed by atoms with E-state index in [1.807, 2.05) is 13.0 Å². The molecule has 4 N–H and O–H groups in total. The molecule has 26 heavy (non-hydrogen) atoms. The largest absolute Gasteiger partial charge is 0.456 e. The Bertz CT molecular complexity index is 966. The molecule has 3 aromatic rings. The van der Waals surface area contributed by atoms with Crippen LogP contribution in [0.4, 0.5) is 5.69 Å². The lowest BCUT2D eigenvalue weighted by Gasteiger charge is -2.13. The Balaban J connectivity index is 1.93. The second-order valence-corrected chi connectivity index (χ2v) is 7.45. The van der Waals surface area contributed by atoms with E-state index in [0.717, 1.165) is 24.3 Å². The zero-order valence-electron chi connectivity index (χ0n) is 15.1. The number of nitrogen functional groups attached to an aromatic ring is 1. The third-order valence-electron chi connectivity index (χ3n) is 4.12. The van der Waals surface area contributed by atoms with Crippen molar-refractivity contribution in [2.24, 2.45) is 5.73 Å². The number of nitrogens with zero attached hydrogens (tertiary/aromatic N) is 2. The summed E-state index contributed by atoms with van der Waals surface area (Å²) in [6.45, 7) is 3.00. The van der Waals surface area contributed by atoms with Crippen LogP contribution >= 0.6 is 11.3 Å². The minimum Gasteiger partial charge on any atom is -0.456 e. The first-order chi connectivity index (χ1) is 12.4. The van der Waals surface area contributed by atoms with Crippen molar-refractivity contribution in [1.82, 2.24) is 9.88 Å². The van der Waals surface area contributed by atoms with Crippen molar-refractivity contribution in [2.75, 3.05) is 26.4 Å². The fraction of sp³-hybridized carbons (Fsp3) is 0.263. The van der Waals surface area contributed by atoms with Crippen LogP contribution in [0.2, 0.25) is 0 Å². The number of nitrogens with two attached hydrogens (primary N) is 2. The molecule has 0 bridgehead atoms. The maximum absolute atomic E-state index is 11.5. The van der Waals surface area contributed by atoms with Crippen molar-refractivity contribution in [3.63, 3.8) is 0 Å². The Morgan fingerprint density at radius 2 is 2.04 bits per heavy atom. The first-order valence-electron chi connectivity index (χ1n) is 8.25. The number of hydrogen-bond acceptors (Lipinski definition) is 6. The van der Waals surface area contributed by atoms with E-state index in [4.69, 9.17) is 16.2 Å². The van der Waals surface area contributed by atoms with Crippen LogP contribution in [0, 0.1) is 6.92 Å². The van der Waals surface area contributed by atoms with Gasteiger partial charge in [-0.05, 0) is 50.7 Å². The number of ether oxygens (including phenoxy) is 1. The summed E-state index contributed by atoms with van der Waals surface area (Å²) in [5.74, 6) is 0.760. The number of aryl methyl sites for hydroxylation is 1. The van der Waals surface area contributed by atoms with Gasteiger partial charge in [-0.1, -0.05) is 12.1 Å². The number of likely N-dealkylation sites (N-methyl/N-ethyl adjacent to an activating group) is 1. The highest BCUT2D eigenvalue weighted by atomic mass is 32.1. The maximum atomic E-state index is 11.5. The van der Waals surface area contributed by atoms with E-state index in [-0.39, 0.29) is 0 Å². The molecule has 0 fully saturated rings. The van der Waals surface area contributed by atoms with Crippen LogP contribution in [0.3, 0.4) is 0 Å². The van der Waals surface area contributed by atoms with Gasteiger partial charge in [0, 0.05) is 12.7 Å². The van der Waals surface area contributed by atoms with Crippen LogP contribution in [0.5, 0.6) is 11.5 Å². The molecule has 0 atom stereocenters. The molecule has 0 aliphatic rings. The van der Waals surface area contributed by atoms with Gasteiger partial charge >= 0.3 is 0 Å². The van der Waals surface area contributed by atoms with Crippen LogP contribution in [0.15, 0.2) is 30.5 Å². The van der Waals surface area contributed by atoms with Crippen LogP contribution in [0.1, 0.15) is 20.8 Å². The monoisotopic (exact) mass is 370 g/mol. The second-order valence-electron chi connectivity index (χ2n) is 6.45. The van der Waals surface area contributed by atoms with Crippen molar-refractivity contribution in [3.8, 4) is 11.5 Å². The van der Waals surface area contributed by atoms with E-state index < -0.39 is 5.91 Å². The lowest BCUT2D eigenvalue weighted by molar-refractivity contribution is 0.100. The Kier molecular flexibility index (Phi) is 5.11. The van der Waals surface area contributed by atoms with E-state index >= 15 is 0 Å². The molecule has 0 aliphatic carbocycles. The minimum atomic E-state index is -0.558. The average Bonchev–Trinajstić information content (AvgIpc) is 2.93. The smallest absolute Gasteiger partial charge is 0.260 e. The second kappa shape index (κ2) is 7.31. The minimum absolute atomic E-state index is 0.305. The summed E-state index contributed by atoms with van der Waals surface area (Å²) >= 11 is 1.18. The molecule has 0 radical (unpaired) electrons. The van der Waals surface area contributed by atoms with Crippen molar-refractivity contribution < 1.29 is 9.53 Å². The molecule has 0 saturated heterocycles. The topological polar surface area (TPSA) is 94.5 Å². The number of anilines is 1. The molecule has 7 heteroatoms. The summed E-state index contributed by atoms with van der Waals surface area (Å²) in [4.78, 5) is 18.9. The Hall–Kier alpha value is -2.64. The van der Waals surface area contributed by atoms with Crippen molar-refractivity contribution >= 4 is 33.1 Å². The SMILES string of the molecule is Cc1cc(CCN(C)C)ccc1Oc1ccnc2sc(C(N)=O)c(N)c12. The van der Waals surface area contributed by atoms with Gasteiger partial charge in [-0.3, -0.25) is 4.79 Å². The summed E-state index contributed by atoms with van der Waals surface area (Å²) < 4.78 is 6.10. The van der Waals surface area contributed by atoms with Gasteiger partial charge in [0.2, 0.25) is 0 Å². The average molecular weight is 370 g/mol. The Labute approximate surface area is 156 Å². The summed E-state index contributed by atoms with van der Waals surface area (Å²) in [5.41, 5.74) is 14.1. The van der Waals surface area contributed by atoms with Crippen LogP contribution < -0.4 is 16.2 Å². The number of aromatic nitrogens is 1. The Morgan fingerprint density at radius 3 is 2.69 bits per heavy atom. The predicted molar refractivity (Wildman–Crippen MR) is 106 cm³/mol. The number of hydrogen-bond donors (Lipinski definition) is 2. The lowest BCUT2D eigenvalue weighted by atomic mass is 10.1. The number of amides is 1. The summed E-state index contributed by atoms with van der Waals surface area (Å²) in [7, 11) is 4.12. The fourth-order valence-corrected chi connectivity index (χ4v) is 3.67. The van der Waals surface area contributed by atoms with E-state index in [9.17, 15) is 4.79 Å². The predicted octanol–water partition coefficient (Wildman–Crippen LogP) is 3.18. The molecule has 0 aliphatic heterocycles. The van der Waals surface area contributed by atoms with Gasteiger partial charge in [0.15, 0.2) is 0 Å². The molecular formula is C19H22N4O2S. The van der Waals surface area contributed by atoms with Gasteiger partial charge in [0.05, 0.1) is 11.1 Å². The number of thiophene rings is 1. The van der Waals surface area contributed by atoms with E-state index in [1.165, 1.54) is 16.9 Å². The van der Waals surface area contributed by atoms with Crippen LogP contribution in [0.25, 0.3) is 10.2 Å². The van der Waals surface area contributed by atoms with Crippen molar-refractivity contribution in [3.05, 3.63) is 46.5 Å². The quantitative estimate of drug-likeness (QED) is 0.695. The molecule has 136 valence electrons.